The third kappa shape index (κ3) is 3.08. The van der Waals surface area contributed by atoms with Crippen LogP contribution in [-0.4, -0.2) is 49.4 Å². The lowest BCUT2D eigenvalue weighted by Gasteiger charge is -2.28. The van der Waals surface area contributed by atoms with Crippen molar-refractivity contribution in [2.45, 2.75) is 12.8 Å². The summed E-state index contributed by atoms with van der Waals surface area (Å²) in [5, 5.41) is 8.22. The first-order chi connectivity index (χ1) is 13.4. The maximum atomic E-state index is 5.50. The molecule has 0 amide bonds. The Labute approximate surface area is 158 Å². The van der Waals surface area contributed by atoms with E-state index in [1.807, 2.05) is 12.3 Å². The molecule has 0 N–H and O–H groups in total. The Hall–Kier alpha value is -2.80. The van der Waals surface area contributed by atoms with Crippen LogP contribution in [-0.2, 0) is 11.2 Å². The molecular formula is C20H22N6O. The summed E-state index contributed by atoms with van der Waals surface area (Å²) in [5.41, 5.74) is 4.59. The average Bonchev–Trinajstić information content (AvgIpc) is 3.19. The zero-order valence-electron chi connectivity index (χ0n) is 15.2. The first-order valence-corrected chi connectivity index (χ1v) is 9.52. The number of morpholine rings is 1. The second-order valence-electron chi connectivity index (χ2n) is 6.90. The number of ether oxygens (including phenoxy) is 1. The molecule has 3 aliphatic heterocycles. The first-order valence-electron chi connectivity index (χ1n) is 9.52. The van der Waals surface area contributed by atoms with Gasteiger partial charge in [0.05, 0.1) is 31.7 Å². The van der Waals surface area contributed by atoms with Gasteiger partial charge in [0.2, 0.25) is 5.95 Å². The fourth-order valence-corrected chi connectivity index (χ4v) is 3.86. The molecule has 2 aromatic rings. The fourth-order valence-electron chi connectivity index (χ4n) is 3.86. The summed E-state index contributed by atoms with van der Waals surface area (Å²) in [6.45, 7) is 4.72. The summed E-state index contributed by atoms with van der Waals surface area (Å²) in [6.07, 6.45) is 3.68. The monoisotopic (exact) mass is 362 g/mol. The number of aromatic nitrogens is 2. The van der Waals surface area contributed by atoms with Crippen molar-refractivity contribution in [3.05, 3.63) is 47.8 Å². The van der Waals surface area contributed by atoms with Gasteiger partial charge in [-0.05, 0) is 25.0 Å². The van der Waals surface area contributed by atoms with E-state index in [1.54, 1.807) is 0 Å². The molecule has 3 aliphatic rings. The second kappa shape index (κ2) is 7.08. The molecule has 1 saturated heterocycles. The van der Waals surface area contributed by atoms with Crippen LogP contribution in [0.15, 0.2) is 46.8 Å². The number of fused-ring (bicyclic) bond motifs is 1. The molecule has 0 bridgehead atoms. The molecule has 0 aliphatic carbocycles. The quantitative estimate of drug-likeness (QED) is 0.839. The SMILES string of the molecule is C1=C(c2nc(N3CCOCC3)nc3c2CCN3c2ccccc2)CCN=N1. The lowest BCUT2D eigenvalue weighted by atomic mass is 10.0. The number of para-hydroxylation sites is 1. The van der Waals surface area contributed by atoms with Crippen LogP contribution in [0.3, 0.4) is 0 Å². The van der Waals surface area contributed by atoms with Gasteiger partial charge in [-0.1, -0.05) is 18.2 Å². The van der Waals surface area contributed by atoms with Gasteiger partial charge >= 0.3 is 0 Å². The lowest BCUT2D eigenvalue weighted by Crippen LogP contribution is -2.37. The van der Waals surface area contributed by atoms with Gasteiger partial charge in [-0.15, -0.1) is 0 Å². The topological polar surface area (TPSA) is 66.2 Å². The van der Waals surface area contributed by atoms with E-state index in [0.717, 1.165) is 75.3 Å². The van der Waals surface area contributed by atoms with Crippen molar-refractivity contribution in [3.8, 4) is 0 Å². The molecule has 0 atom stereocenters. The van der Waals surface area contributed by atoms with Crippen LogP contribution in [0.2, 0.25) is 0 Å². The summed E-state index contributed by atoms with van der Waals surface area (Å²) in [5.74, 6) is 1.81. The van der Waals surface area contributed by atoms with Crippen molar-refractivity contribution in [1.29, 1.82) is 0 Å². The van der Waals surface area contributed by atoms with Crippen LogP contribution in [0, 0.1) is 0 Å². The normalized spacial score (nSPS) is 19.2. The van der Waals surface area contributed by atoms with Crippen LogP contribution < -0.4 is 9.80 Å². The number of nitrogens with zero attached hydrogens (tertiary/aromatic N) is 6. The van der Waals surface area contributed by atoms with Crippen LogP contribution in [0.5, 0.6) is 0 Å². The highest BCUT2D eigenvalue weighted by atomic mass is 16.5. The predicted molar refractivity (Wildman–Crippen MR) is 105 cm³/mol. The highest BCUT2D eigenvalue weighted by Crippen LogP contribution is 2.38. The Morgan fingerprint density at radius 3 is 2.56 bits per heavy atom. The van der Waals surface area contributed by atoms with Crippen molar-refractivity contribution in [2.75, 3.05) is 49.2 Å². The average molecular weight is 362 g/mol. The Balaban J connectivity index is 1.62. The van der Waals surface area contributed by atoms with Gasteiger partial charge in [-0.2, -0.15) is 15.2 Å². The number of rotatable bonds is 3. The van der Waals surface area contributed by atoms with E-state index in [0.29, 0.717) is 0 Å². The third-order valence-corrected chi connectivity index (χ3v) is 5.26. The van der Waals surface area contributed by atoms with E-state index >= 15 is 0 Å². The molecule has 138 valence electrons. The van der Waals surface area contributed by atoms with Crippen molar-refractivity contribution in [3.63, 3.8) is 0 Å². The zero-order valence-corrected chi connectivity index (χ0v) is 15.2. The highest BCUT2D eigenvalue weighted by Gasteiger charge is 2.29. The van der Waals surface area contributed by atoms with Crippen LogP contribution in [0.1, 0.15) is 17.7 Å². The van der Waals surface area contributed by atoms with E-state index in [4.69, 9.17) is 14.7 Å². The molecule has 0 unspecified atom stereocenters. The molecule has 1 aromatic carbocycles. The van der Waals surface area contributed by atoms with Gasteiger partial charge in [-0.25, -0.2) is 4.98 Å². The van der Waals surface area contributed by atoms with Gasteiger partial charge in [-0.3, -0.25) is 0 Å². The maximum absolute atomic E-state index is 5.50. The molecule has 0 saturated carbocycles. The predicted octanol–water partition coefficient (Wildman–Crippen LogP) is 3.20. The number of anilines is 3. The minimum atomic E-state index is 0.717. The van der Waals surface area contributed by atoms with Crippen LogP contribution >= 0.6 is 0 Å². The number of hydrogen-bond donors (Lipinski definition) is 0. The van der Waals surface area contributed by atoms with E-state index in [1.165, 1.54) is 11.3 Å². The van der Waals surface area contributed by atoms with E-state index < -0.39 is 0 Å². The Kier molecular flexibility index (Phi) is 4.29. The van der Waals surface area contributed by atoms with Gasteiger partial charge in [0.1, 0.15) is 5.82 Å². The second-order valence-corrected chi connectivity index (χ2v) is 6.90. The minimum absolute atomic E-state index is 0.717. The van der Waals surface area contributed by atoms with E-state index in [-0.39, 0.29) is 0 Å². The number of hydrogen-bond acceptors (Lipinski definition) is 7. The van der Waals surface area contributed by atoms with Crippen molar-refractivity contribution in [1.82, 2.24) is 9.97 Å². The summed E-state index contributed by atoms with van der Waals surface area (Å²) in [4.78, 5) is 14.5. The Morgan fingerprint density at radius 2 is 1.78 bits per heavy atom. The maximum Gasteiger partial charge on any atom is 0.228 e. The first kappa shape index (κ1) is 16.4. The van der Waals surface area contributed by atoms with Gasteiger partial charge in [0, 0.05) is 36.5 Å². The molecule has 0 spiro atoms. The molecule has 7 nitrogen and oxygen atoms in total. The summed E-state index contributed by atoms with van der Waals surface area (Å²) < 4.78 is 5.50. The lowest BCUT2D eigenvalue weighted by molar-refractivity contribution is 0.122. The van der Waals surface area contributed by atoms with Gasteiger partial charge in [0.15, 0.2) is 0 Å². The molecule has 1 fully saturated rings. The molecule has 4 heterocycles. The van der Waals surface area contributed by atoms with Crippen LogP contribution in [0.4, 0.5) is 17.5 Å². The Bertz CT molecular complexity index is 889. The third-order valence-electron chi connectivity index (χ3n) is 5.26. The Morgan fingerprint density at radius 1 is 0.926 bits per heavy atom. The van der Waals surface area contributed by atoms with Gasteiger partial charge < -0.3 is 14.5 Å². The molecule has 1 aromatic heterocycles. The minimum Gasteiger partial charge on any atom is -0.378 e. The molecule has 5 rings (SSSR count). The van der Waals surface area contributed by atoms with Gasteiger partial charge in [0.25, 0.3) is 0 Å². The summed E-state index contributed by atoms with van der Waals surface area (Å²) in [7, 11) is 0. The molecule has 7 heteroatoms. The standard InChI is InChI=1S/C20H22N6O/c1-2-4-16(5-3-1)26-9-7-17-18(15-6-8-21-22-14-15)23-20(24-19(17)26)25-10-12-27-13-11-25/h1-5,14H,6-13H2. The fraction of sp³-hybridized carbons (Fsp3) is 0.400. The van der Waals surface area contributed by atoms with E-state index in [2.05, 4.69) is 44.3 Å². The zero-order chi connectivity index (χ0) is 18.1. The summed E-state index contributed by atoms with van der Waals surface area (Å²) in [6, 6.07) is 10.5. The number of azo groups is 1. The van der Waals surface area contributed by atoms with Crippen molar-refractivity contribution in [2.24, 2.45) is 10.2 Å². The van der Waals surface area contributed by atoms with Crippen molar-refractivity contribution >= 4 is 23.0 Å². The summed E-state index contributed by atoms with van der Waals surface area (Å²) >= 11 is 0. The molecule has 27 heavy (non-hydrogen) atoms. The molecular weight excluding hydrogens is 340 g/mol. The number of benzene rings is 1. The smallest absolute Gasteiger partial charge is 0.228 e. The largest absolute Gasteiger partial charge is 0.378 e. The van der Waals surface area contributed by atoms with E-state index in [9.17, 15) is 0 Å². The van der Waals surface area contributed by atoms with Crippen LogP contribution in [0.25, 0.3) is 5.57 Å². The molecule has 0 radical (unpaired) electrons. The highest BCUT2D eigenvalue weighted by molar-refractivity contribution is 5.76. The van der Waals surface area contributed by atoms with Crippen molar-refractivity contribution < 1.29 is 4.74 Å².